The van der Waals surface area contributed by atoms with Crippen molar-refractivity contribution >= 4 is 28.6 Å². The van der Waals surface area contributed by atoms with Crippen LogP contribution in [0.3, 0.4) is 0 Å². The molecular weight excluding hydrogens is 438 g/mol. The third-order valence-electron chi connectivity index (χ3n) is 5.77. The molecule has 4 rings (SSSR count). The highest BCUT2D eigenvalue weighted by Gasteiger charge is 2.33. The van der Waals surface area contributed by atoms with Crippen molar-refractivity contribution in [3.8, 4) is 5.75 Å². The number of hydrogen-bond donors (Lipinski definition) is 1. The molecule has 33 heavy (non-hydrogen) atoms. The Kier molecular flexibility index (Phi) is 7.67. The number of rotatable bonds is 11. The van der Waals surface area contributed by atoms with E-state index in [4.69, 9.17) is 9.47 Å². The molecule has 1 fully saturated rings. The predicted octanol–water partition coefficient (Wildman–Crippen LogP) is 3.80. The van der Waals surface area contributed by atoms with Crippen LogP contribution in [0.15, 0.2) is 58.5 Å². The highest BCUT2D eigenvalue weighted by molar-refractivity contribution is 7.99. The number of amides is 1. The van der Waals surface area contributed by atoms with Gasteiger partial charge in [-0.1, -0.05) is 36.0 Å². The van der Waals surface area contributed by atoms with Crippen molar-refractivity contribution in [2.75, 3.05) is 26.6 Å². The number of methoxy groups -OCH3 is 2. The Labute approximate surface area is 197 Å². The quantitative estimate of drug-likeness (QED) is 0.262. The van der Waals surface area contributed by atoms with E-state index in [2.05, 4.69) is 10.3 Å². The molecule has 1 saturated carbocycles. The van der Waals surface area contributed by atoms with Crippen LogP contribution in [-0.4, -0.2) is 42.0 Å². The standard InChI is InChI=1S/C25H29N3O4S/c1-31-15-5-14-28-24(30)20-6-3-4-7-21(20)26-25(28)33-16-22(29)27-23(17-8-9-17)18-10-12-19(32-2)13-11-18/h3-4,6-7,10-13,17,23H,5,8-9,14-16H2,1-2H3,(H,27,29). The number of nitrogens with zero attached hydrogens (tertiary/aromatic N) is 2. The first-order valence-corrected chi connectivity index (χ1v) is 12.1. The number of aromatic nitrogens is 2. The zero-order valence-electron chi connectivity index (χ0n) is 19.0. The van der Waals surface area contributed by atoms with E-state index >= 15 is 0 Å². The molecule has 1 aliphatic rings. The number of carbonyl (C=O) groups excluding carboxylic acids is 1. The van der Waals surface area contributed by atoms with Gasteiger partial charge in [0.2, 0.25) is 5.91 Å². The predicted molar refractivity (Wildman–Crippen MR) is 130 cm³/mol. The average molecular weight is 468 g/mol. The molecule has 8 heteroatoms. The van der Waals surface area contributed by atoms with E-state index in [1.54, 1.807) is 24.9 Å². The molecule has 0 saturated heterocycles. The van der Waals surface area contributed by atoms with Crippen molar-refractivity contribution in [3.63, 3.8) is 0 Å². The SMILES string of the molecule is COCCCn1c(SCC(=O)NC(c2ccc(OC)cc2)C2CC2)nc2ccccc2c1=O. The molecule has 0 bridgehead atoms. The van der Waals surface area contributed by atoms with Crippen LogP contribution in [0.1, 0.15) is 30.9 Å². The van der Waals surface area contributed by atoms with Crippen molar-refractivity contribution in [3.05, 3.63) is 64.4 Å². The second kappa shape index (κ2) is 10.9. The first-order chi connectivity index (χ1) is 16.1. The lowest BCUT2D eigenvalue weighted by molar-refractivity contribution is -0.119. The summed E-state index contributed by atoms with van der Waals surface area (Å²) in [5, 5.41) is 4.32. The van der Waals surface area contributed by atoms with Gasteiger partial charge in [0.15, 0.2) is 5.16 Å². The number of fused-ring (bicyclic) bond motifs is 1. The number of para-hydroxylation sites is 1. The molecule has 1 amide bonds. The molecule has 1 aliphatic carbocycles. The van der Waals surface area contributed by atoms with Crippen LogP contribution in [0.2, 0.25) is 0 Å². The van der Waals surface area contributed by atoms with Gasteiger partial charge in [0.05, 0.1) is 29.8 Å². The van der Waals surface area contributed by atoms with Gasteiger partial charge in [0.25, 0.3) is 5.56 Å². The third kappa shape index (κ3) is 5.75. The van der Waals surface area contributed by atoms with E-state index in [0.717, 1.165) is 24.2 Å². The minimum Gasteiger partial charge on any atom is -0.497 e. The second-order valence-electron chi connectivity index (χ2n) is 8.16. The van der Waals surface area contributed by atoms with Crippen molar-refractivity contribution in [1.29, 1.82) is 0 Å². The second-order valence-corrected chi connectivity index (χ2v) is 9.10. The lowest BCUT2D eigenvalue weighted by atomic mass is 10.0. The molecule has 1 atom stereocenters. The topological polar surface area (TPSA) is 82.4 Å². The van der Waals surface area contributed by atoms with Crippen molar-refractivity contribution in [1.82, 2.24) is 14.9 Å². The molecule has 2 aromatic carbocycles. The van der Waals surface area contributed by atoms with E-state index < -0.39 is 0 Å². The molecule has 1 heterocycles. The highest BCUT2D eigenvalue weighted by atomic mass is 32.2. The lowest BCUT2D eigenvalue weighted by Crippen LogP contribution is -2.31. The number of ether oxygens (including phenoxy) is 2. The van der Waals surface area contributed by atoms with E-state index in [1.807, 2.05) is 42.5 Å². The van der Waals surface area contributed by atoms with E-state index in [-0.39, 0.29) is 23.3 Å². The van der Waals surface area contributed by atoms with Crippen molar-refractivity contribution < 1.29 is 14.3 Å². The fourth-order valence-corrected chi connectivity index (χ4v) is 4.72. The number of thioether (sulfide) groups is 1. The molecule has 1 aromatic heterocycles. The lowest BCUT2D eigenvalue weighted by Gasteiger charge is -2.19. The zero-order chi connectivity index (χ0) is 23.2. The van der Waals surface area contributed by atoms with Gasteiger partial charge in [0.1, 0.15) is 5.75 Å². The molecule has 1 N–H and O–H groups in total. The summed E-state index contributed by atoms with van der Waals surface area (Å²) in [6.07, 6.45) is 2.90. The molecule has 7 nitrogen and oxygen atoms in total. The van der Waals surface area contributed by atoms with Crippen LogP contribution in [0.5, 0.6) is 5.75 Å². The summed E-state index contributed by atoms with van der Waals surface area (Å²) in [6.45, 7) is 1.04. The fraction of sp³-hybridized carbons (Fsp3) is 0.400. The van der Waals surface area contributed by atoms with Gasteiger partial charge in [-0.3, -0.25) is 14.2 Å². The highest BCUT2D eigenvalue weighted by Crippen LogP contribution is 2.41. The Morgan fingerprint density at radius 3 is 2.64 bits per heavy atom. The Balaban J connectivity index is 1.48. The Bertz CT molecular complexity index is 1160. The summed E-state index contributed by atoms with van der Waals surface area (Å²) in [7, 11) is 3.28. The van der Waals surface area contributed by atoms with Crippen LogP contribution in [0.25, 0.3) is 10.9 Å². The minimum atomic E-state index is -0.0892. The first-order valence-electron chi connectivity index (χ1n) is 11.2. The third-order valence-corrected chi connectivity index (χ3v) is 6.75. The summed E-state index contributed by atoms with van der Waals surface area (Å²) in [6, 6.07) is 15.1. The fourth-order valence-electron chi connectivity index (χ4n) is 3.88. The number of nitrogens with one attached hydrogen (secondary N) is 1. The molecule has 0 radical (unpaired) electrons. The van der Waals surface area contributed by atoms with Gasteiger partial charge in [-0.2, -0.15) is 0 Å². The smallest absolute Gasteiger partial charge is 0.262 e. The Hall–Kier alpha value is -2.84. The van der Waals surface area contributed by atoms with Crippen molar-refractivity contribution in [2.24, 2.45) is 5.92 Å². The Morgan fingerprint density at radius 1 is 1.18 bits per heavy atom. The van der Waals surface area contributed by atoms with Crippen LogP contribution >= 0.6 is 11.8 Å². The van der Waals surface area contributed by atoms with E-state index in [0.29, 0.717) is 41.5 Å². The number of hydrogen-bond acceptors (Lipinski definition) is 6. The van der Waals surface area contributed by atoms with E-state index in [1.165, 1.54) is 11.8 Å². The maximum absolute atomic E-state index is 13.1. The zero-order valence-corrected chi connectivity index (χ0v) is 19.8. The van der Waals surface area contributed by atoms with Crippen LogP contribution < -0.4 is 15.6 Å². The summed E-state index contributed by atoms with van der Waals surface area (Å²) in [4.78, 5) is 30.6. The van der Waals surface area contributed by atoms with Crippen LogP contribution in [0, 0.1) is 5.92 Å². The molecule has 3 aromatic rings. The molecule has 174 valence electrons. The molecule has 1 unspecified atom stereocenters. The largest absolute Gasteiger partial charge is 0.497 e. The van der Waals surface area contributed by atoms with Gasteiger partial charge in [-0.25, -0.2) is 4.98 Å². The number of carbonyl (C=O) groups is 1. The van der Waals surface area contributed by atoms with Gasteiger partial charge in [-0.15, -0.1) is 0 Å². The minimum absolute atomic E-state index is 0.0162. The van der Waals surface area contributed by atoms with Gasteiger partial charge in [-0.05, 0) is 55.0 Å². The van der Waals surface area contributed by atoms with Gasteiger partial charge >= 0.3 is 0 Å². The maximum atomic E-state index is 13.1. The summed E-state index contributed by atoms with van der Waals surface area (Å²) in [5.74, 6) is 1.37. The van der Waals surface area contributed by atoms with Gasteiger partial charge < -0.3 is 14.8 Å². The molecule has 0 aliphatic heterocycles. The van der Waals surface area contributed by atoms with Gasteiger partial charge in [0, 0.05) is 20.3 Å². The summed E-state index contributed by atoms with van der Waals surface area (Å²) >= 11 is 1.30. The molecular formula is C25H29N3O4S. The van der Waals surface area contributed by atoms with Crippen LogP contribution in [-0.2, 0) is 16.1 Å². The first kappa shape index (κ1) is 23.3. The Morgan fingerprint density at radius 2 is 1.94 bits per heavy atom. The normalized spacial score (nSPS) is 14.2. The van der Waals surface area contributed by atoms with Crippen molar-refractivity contribution in [2.45, 2.75) is 37.0 Å². The summed E-state index contributed by atoms with van der Waals surface area (Å²) in [5.41, 5.74) is 1.63. The molecule has 0 spiro atoms. The van der Waals surface area contributed by atoms with Crippen LogP contribution in [0.4, 0.5) is 0 Å². The monoisotopic (exact) mass is 467 g/mol. The maximum Gasteiger partial charge on any atom is 0.262 e. The summed E-state index contributed by atoms with van der Waals surface area (Å²) < 4.78 is 12.0. The van der Waals surface area contributed by atoms with E-state index in [9.17, 15) is 9.59 Å². The average Bonchev–Trinajstić information content (AvgIpc) is 3.68. The number of benzene rings is 2.